The molecule has 0 saturated carbocycles. The van der Waals surface area contributed by atoms with Crippen molar-refractivity contribution in [2.75, 3.05) is 0 Å². The number of tetrazole rings is 1. The van der Waals surface area contributed by atoms with Gasteiger partial charge in [-0.15, -0.1) is 15.3 Å². The number of nitrogens with one attached hydrogen (secondary N) is 1. The van der Waals surface area contributed by atoms with Crippen LogP contribution in [0.4, 0.5) is 0 Å². The summed E-state index contributed by atoms with van der Waals surface area (Å²) in [5, 5.41) is 22.7. The first-order valence-electron chi connectivity index (χ1n) is 12.9. The maximum absolute atomic E-state index is 13.9. The minimum atomic E-state index is -0.460. The number of rotatable bonds is 11. The van der Waals surface area contributed by atoms with Crippen LogP contribution < -0.4 is 5.69 Å². The van der Waals surface area contributed by atoms with Crippen LogP contribution >= 0.6 is 0 Å². The standard InChI is InChI=1S/C26H32N10O/c1-3-5-10-22-17-35(24-31-28-19-34(24)15-6-4-2)25(37)36(22)18-26(11-13-27-14-12-26)21-9-7-8-20(16-21)23-29-32-33-30-23/h7-9,11,13-14,16-17,19H,3-6,10,12,15,18H2,1-2H3,(H,29,30,32,33). The lowest BCUT2D eigenvalue weighted by atomic mass is 9.76. The second-order valence-electron chi connectivity index (χ2n) is 9.48. The molecule has 37 heavy (non-hydrogen) atoms. The Balaban J connectivity index is 1.58. The first-order valence-corrected chi connectivity index (χ1v) is 12.9. The second-order valence-corrected chi connectivity index (χ2v) is 9.48. The number of H-pyrrole nitrogens is 1. The molecule has 11 nitrogen and oxygen atoms in total. The summed E-state index contributed by atoms with van der Waals surface area (Å²) in [5.74, 6) is 1.16. The van der Waals surface area contributed by atoms with Crippen molar-refractivity contribution in [2.45, 2.75) is 70.9 Å². The van der Waals surface area contributed by atoms with Gasteiger partial charge in [0.05, 0.1) is 0 Å². The van der Waals surface area contributed by atoms with Crippen LogP contribution in [-0.4, -0.2) is 50.7 Å². The van der Waals surface area contributed by atoms with Crippen molar-refractivity contribution < 1.29 is 0 Å². The zero-order chi connectivity index (χ0) is 25.7. The highest BCUT2D eigenvalue weighted by atomic mass is 16.2. The number of benzene rings is 1. The van der Waals surface area contributed by atoms with E-state index >= 15 is 0 Å². The van der Waals surface area contributed by atoms with Crippen LogP contribution in [0, 0.1) is 0 Å². The Morgan fingerprint density at radius 3 is 2.78 bits per heavy atom. The van der Waals surface area contributed by atoms with Gasteiger partial charge in [-0.25, -0.2) is 14.5 Å². The average molecular weight is 501 g/mol. The summed E-state index contributed by atoms with van der Waals surface area (Å²) >= 11 is 0. The molecule has 1 atom stereocenters. The zero-order valence-electron chi connectivity index (χ0n) is 21.3. The van der Waals surface area contributed by atoms with E-state index in [0.29, 0.717) is 24.7 Å². The highest BCUT2D eigenvalue weighted by Crippen LogP contribution is 2.35. The predicted molar refractivity (Wildman–Crippen MR) is 141 cm³/mol. The lowest BCUT2D eigenvalue weighted by Gasteiger charge is -2.32. The Hall–Kier alpha value is -4.15. The van der Waals surface area contributed by atoms with Gasteiger partial charge in [0.25, 0.3) is 0 Å². The lowest BCUT2D eigenvalue weighted by molar-refractivity contribution is 0.438. The molecule has 0 spiro atoms. The van der Waals surface area contributed by atoms with Crippen molar-refractivity contribution in [3.63, 3.8) is 0 Å². The fraction of sp³-hybridized carbons (Fsp3) is 0.423. The molecule has 1 aromatic carbocycles. The Kier molecular flexibility index (Phi) is 7.20. The summed E-state index contributed by atoms with van der Waals surface area (Å²) < 4.78 is 5.51. The van der Waals surface area contributed by atoms with Crippen molar-refractivity contribution >= 4 is 6.21 Å². The predicted octanol–water partition coefficient (Wildman–Crippen LogP) is 3.48. The van der Waals surface area contributed by atoms with Gasteiger partial charge in [0, 0.05) is 48.4 Å². The van der Waals surface area contributed by atoms with E-state index < -0.39 is 5.41 Å². The summed E-state index contributed by atoms with van der Waals surface area (Å²) in [5.41, 5.74) is 2.37. The molecule has 0 fully saturated rings. The minimum absolute atomic E-state index is 0.109. The summed E-state index contributed by atoms with van der Waals surface area (Å²) in [6, 6.07) is 8.14. The van der Waals surface area contributed by atoms with Crippen LogP contribution in [0.1, 0.15) is 57.2 Å². The number of allylic oxidation sites excluding steroid dienone is 1. The lowest BCUT2D eigenvalue weighted by Crippen LogP contribution is -2.37. The van der Waals surface area contributed by atoms with Crippen molar-refractivity contribution in [1.82, 2.24) is 44.5 Å². The van der Waals surface area contributed by atoms with E-state index in [9.17, 15) is 4.79 Å². The minimum Gasteiger partial charge on any atom is -0.299 e. The van der Waals surface area contributed by atoms with Gasteiger partial charge in [0.15, 0.2) is 5.82 Å². The number of aliphatic imine (C=N–C) groups is 1. The van der Waals surface area contributed by atoms with Crippen molar-refractivity contribution in [3.05, 3.63) is 70.8 Å². The number of imidazole rings is 1. The van der Waals surface area contributed by atoms with E-state index in [4.69, 9.17) is 0 Å². The molecule has 3 aromatic heterocycles. The number of aromatic nitrogens is 9. The fourth-order valence-corrected chi connectivity index (χ4v) is 4.81. The topological polar surface area (TPSA) is 124 Å². The highest BCUT2D eigenvalue weighted by Gasteiger charge is 2.33. The van der Waals surface area contributed by atoms with Crippen LogP contribution in [0.5, 0.6) is 0 Å². The van der Waals surface area contributed by atoms with Gasteiger partial charge in [0.1, 0.15) is 6.33 Å². The van der Waals surface area contributed by atoms with Crippen molar-refractivity contribution in [2.24, 2.45) is 4.99 Å². The normalized spacial score (nSPS) is 17.0. The summed E-state index contributed by atoms with van der Waals surface area (Å²) in [6.07, 6.45) is 15.0. The quantitative estimate of drug-likeness (QED) is 0.336. The maximum Gasteiger partial charge on any atom is 0.335 e. The molecule has 1 unspecified atom stereocenters. The third-order valence-electron chi connectivity index (χ3n) is 6.95. The van der Waals surface area contributed by atoms with Gasteiger partial charge in [-0.3, -0.25) is 14.1 Å². The third kappa shape index (κ3) is 4.93. The molecule has 4 heterocycles. The Morgan fingerprint density at radius 2 is 2.03 bits per heavy atom. The molecule has 1 aliphatic rings. The fourth-order valence-electron chi connectivity index (χ4n) is 4.81. The third-order valence-corrected chi connectivity index (χ3v) is 6.95. The second kappa shape index (κ2) is 10.9. The first kappa shape index (κ1) is 24.5. The Labute approximate surface area is 215 Å². The number of hydrogen-bond donors (Lipinski definition) is 1. The van der Waals surface area contributed by atoms with Crippen LogP contribution in [-0.2, 0) is 24.9 Å². The molecule has 1 aliphatic heterocycles. The summed E-state index contributed by atoms with van der Waals surface area (Å²) in [7, 11) is 0. The van der Waals surface area contributed by atoms with E-state index in [1.165, 1.54) is 0 Å². The van der Waals surface area contributed by atoms with Crippen LogP contribution in [0.15, 0.2) is 58.9 Å². The van der Waals surface area contributed by atoms with E-state index in [-0.39, 0.29) is 5.69 Å². The summed E-state index contributed by atoms with van der Waals surface area (Å²) in [4.78, 5) is 18.3. The number of aryl methyl sites for hydroxylation is 2. The molecule has 11 heteroatoms. The summed E-state index contributed by atoms with van der Waals surface area (Å²) in [6.45, 7) is 5.55. The van der Waals surface area contributed by atoms with Gasteiger partial charge in [-0.1, -0.05) is 51.0 Å². The zero-order valence-corrected chi connectivity index (χ0v) is 21.3. The molecule has 0 aliphatic carbocycles. The Morgan fingerprint density at radius 1 is 1.14 bits per heavy atom. The average Bonchev–Trinajstić information content (AvgIpc) is 3.69. The van der Waals surface area contributed by atoms with Crippen LogP contribution in [0.25, 0.3) is 17.3 Å². The monoisotopic (exact) mass is 500 g/mol. The van der Waals surface area contributed by atoms with Gasteiger partial charge in [0.2, 0.25) is 5.95 Å². The van der Waals surface area contributed by atoms with Crippen molar-refractivity contribution in [1.29, 1.82) is 0 Å². The van der Waals surface area contributed by atoms with E-state index in [2.05, 4.69) is 67.9 Å². The Bertz CT molecular complexity index is 1440. The molecular formula is C26H32N10O. The SMILES string of the molecule is CCCCc1cn(-c2nncn2CCCC)c(=O)n1CC1(c2cccc(-c3nnn[nH]3)c2)C=CN=CC1. The van der Waals surface area contributed by atoms with Gasteiger partial charge >= 0.3 is 5.69 Å². The van der Waals surface area contributed by atoms with E-state index in [1.54, 1.807) is 10.9 Å². The number of hydrogen-bond acceptors (Lipinski definition) is 7. The maximum atomic E-state index is 13.9. The van der Waals surface area contributed by atoms with Crippen LogP contribution in [0.3, 0.4) is 0 Å². The largest absolute Gasteiger partial charge is 0.335 e. The molecular weight excluding hydrogens is 468 g/mol. The van der Waals surface area contributed by atoms with E-state index in [1.807, 2.05) is 39.9 Å². The number of unbranched alkanes of at least 4 members (excludes halogenated alkanes) is 2. The molecule has 0 amide bonds. The first-order chi connectivity index (χ1) is 18.1. The van der Waals surface area contributed by atoms with Gasteiger partial charge < -0.3 is 0 Å². The molecule has 192 valence electrons. The molecule has 0 saturated heterocycles. The molecule has 0 bridgehead atoms. The van der Waals surface area contributed by atoms with E-state index in [0.717, 1.165) is 55.5 Å². The van der Waals surface area contributed by atoms with Crippen LogP contribution in [0.2, 0.25) is 0 Å². The molecule has 5 rings (SSSR count). The van der Waals surface area contributed by atoms with Gasteiger partial charge in [-0.05, 0) is 47.7 Å². The molecule has 4 aromatic rings. The van der Waals surface area contributed by atoms with Crippen molar-refractivity contribution in [3.8, 4) is 17.3 Å². The number of nitrogens with zero attached hydrogens (tertiary/aromatic N) is 9. The molecule has 1 N–H and O–H groups in total. The smallest absolute Gasteiger partial charge is 0.299 e. The highest BCUT2D eigenvalue weighted by molar-refractivity contribution is 5.65. The molecule has 0 radical (unpaired) electrons. The van der Waals surface area contributed by atoms with Gasteiger partial charge in [-0.2, -0.15) is 0 Å². The number of aromatic amines is 1.